The molecule has 2 amide bonds. The van der Waals surface area contributed by atoms with Gasteiger partial charge >= 0.3 is 0 Å². The molecule has 2 aromatic rings. The number of hydrogen-bond donors (Lipinski definition) is 1. The number of nitrogens with zero attached hydrogens (tertiary/aromatic N) is 2. The Kier molecular flexibility index (Phi) is 6.10. The van der Waals surface area contributed by atoms with Gasteiger partial charge in [-0.1, -0.05) is 23.9 Å². The third kappa shape index (κ3) is 4.77. The first-order valence-corrected chi connectivity index (χ1v) is 9.35. The van der Waals surface area contributed by atoms with Gasteiger partial charge in [-0.15, -0.1) is 0 Å². The van der Waals surface area contributed by atoms with E-state index in [-0.39, 0.29) is 29.1 Å². The van der Waals surface area contributed by atoms with Crippen LogP contribution >= 0.6 is 11.8 Å². The summed E-state index contributed by atoms with van der Waals surface area (Å²) in [5.41, 5.74) is 1.39. The first-order chi connectivity index (χ1) is 13.5. The molecule has 8 heteroatoms. The fourth-order valence-corrected chi connectivity index (χ4v) is 3.24. The van der Waals surface area contributed by atoms with Crippen LogP contribution in [0, 0.1) is 5.82 Å². The molecule has 0 radical (unpaired) electrons. The van der Waals surface area contributed by atoms with E-state index in [0.717, 1.165) is 11.8 Å². The van der Waals surface area contributed by atoms with Crippen molar-refractivity contribution < 1.29 is 18.7 Å². The van der Waals surface area contributed by atoms with Crippen molar-refractivity contribution in [3.8, 4) is 5.75 Å². The molecule has 0 aliphatic carbocycles. The molecule has 0 saturated heterocycles. The van der Waals surface area contributed by atoms with E-state index in [4.69, 9.17) is 4.74 Å². The van der Waals surface area contributed by atoms with E-state index < -0.39 is 0 Å². The number of thioether (sulfide) groups is 1. The summed E-state index contributed by atoms with van der Waals surface area (Å²) in [6, 6.07) is 12.9. The van der Waals surface area contributed by atoms with Crippen molar-refractivity contribution in [1.29, 1.82) is 0 Å². The summed E-state index contributed by atoms with van der Waals surface area (Å²) in [6.45, 7) is 0. The van der Waals surface area contributed by atoms with Gasteiger partial charge in [0.25, 0.3) is 5.91 Å². The lowest BCUT2D eigenvalue weighted by molar-refractivity contribution is -0.121. The predicted octanol–water partition coefficient (Wildman–Crippen LogP) is 3.38. The van der Waals surface area contributed by atoms with Crippen LogP contribution in [-0.2, 0) is 9.59 Å². The second-order valence-corrected chi connectivity index (χ2v) is 6.85. The third-order valence-corrected chi connectivity index (χ3v) is 4.91. The number of ether oxygens (including phenoxy) is 1. The fourth-order valence-electron chi connectivity index (χ4n) is 2.46. The van der Waals surface area contributed by atoms with Gasteiger partial charge in [-0.2, -0.15) is 0 Å². The van der Waals surface area contributed by atoms with Crippen LogP contribution in [0.3, 0.4) is 0 Å². The largest absolute Gasteiger partial charge is 0.497 e. The Morgan fingerprint density at radius 1 is 1.29 bits per heavy atom. The van der Waals surface area contributed by atoms with Crippen molar-refractivity contribution in [3.63, 3.8) is 0 Å². The molecule has 0 saturated carbocycles. The SMILES string of the molecule is COc1ccc(NC(=O)CSC2=N/C(=C\c3cccc(F)c3)C(=O)N2C)cc1. The van der Waals surface area contributed by atoms with Crippen molar-refractivity contribution in [2.45, 2.75) is 0 Å². The molecule has 2 aromatic carbocycles. The lowest BCUT2D eigenvalue weighted by Gasteiger charge is -2.11. The predicted molar refractivity (Wildman–Crippen MR) is 109 cm³/mol. The highest BCUT2D eigenvalue weighted by Crippen LogP contribution is 2.23. The third-order valence-electron chi connectivity index (χ3n) is 3.88. The lowest BCUT2D eigenvalue weighted by atomic mass is 10.2. The van der Waals surface area contributed by atoms with Crippen LogP contribution in [0.2, 0.25) is 0 Å². The van der Waals surface area contributed by atoms with Crippen molar-refractivity contribution in [1.82, 2.24) is 4.90 Å². The molecule has 0 fully saturated rings. The summed E-state index contributed by atoms with van der Waals surface area (Å²) < 4.78 is 18.4. The number of likely N-dealkylation sites (N-methyl/N-ethyl adjacent to an activating group) is 1. The molecule has 0 atom stereocenters. The minimum absolute atomic E-state index is 0.0930. The number of halogens is 1. The fraction of sp³-hybridized carbons (Fsp3) is 0.150. The Morgan fingerprint density at radius 3 is 2.71 bits per heavy atom. The van der Waals surface area contributed by atoms with Crippen molar-refractivity contribution >= 4 is 40.5 Å². The highest BCUT2D eigenvalue weighted by molar-refractivity contribution is 8.14. The molecule has 28 heavy (non-hydrogen) atoms. The van der Waals surface area contributed by atoms with Crippen LogP contribution in [0.4, 0.5) is 10.1 Å². The molecule has 0 aromatic heterocycles. The van der Waals surface area contributed by atoms with E-state index in [1.54, 1.807) is 50.6 Å². The summed E-state index contributed by atoms with van der Waals surface area (Å²) in [5, 5.41) is 3.18. The zero-order valence-electron chi connectivity index (χ0n) is 15.3. The maximum atomic E-state index is 13.3. The summed E-state index contributed by atoms with van der Waals surface area (Å²) in [4.78, 5) is 30.1. The van der Waals surface area contributed by atoms with Gasteiger partial charge < -0.3 is 10.1 Å². The van der Waals surface area contributed by atoms with Crippen molar-refractivity contribution in [2.75, 3.05) is 25.2 Å². The van der Waals surface area contributed by atoms with Gasteiger partial charge in [-0.05, 0) is 48.0 Å². The molecule has 1 aliphatic rings. The van der Waals surface area contributed by atoms with E-state index in [0.29, 0.717) is 22.2 Å². The highest BCUT2D eigenvalue weighted by atomic mass is 32.2. The van der Waals surface area contributed by atoms with Crippen LogP contribution in [0.25, 0.3) is 6.08 Å². The van der Waals surface area contributed by atoms with Gasteiger partial charge in [0.05, 0.1) is 12.9 Å². The minimum atomic E-state index is -0.387. The molecule has 0 spiro atoms. The smallest absolute Gasteiger partial charge is 0.278 e. The lowest BCUT2D eigenvalue weighted by Crippen LogP contribution is -2.27. The van der Waals surface area contributed by atoms with Crippen LogP contribution < -0.4 is 10.1 Å². The number of benzene rings is 2. The highest BCUT2D eigenvalue weighted by Gasteiger charge is 2.27. The van der Waals surface area contributed by atoms with E-state index >= 15 is 0 Å². The molecule has 3 rings (SSSR count). The maximum Gasteiger partial charge on any atom is 0.278 e. The minimum Gasteiger partial charge on any atom is -0.497 e. The molecule has 0 unspecified atom stereocenters. The second kappa shape index (κ2) is 8.71. The monoisotopic (exact) mass is 399 g/mol. The number of aliphatic imine (C=N–C) groups is 1. The Labute approximate surface area is 166 Å². The Balaban J connectivity index is 1.62. The van der Waals surface area contributed by atoms with E-state index in [1.165, 1.54) is 23.1 Å². The average Bonchev–Trinajstić information content (AvgIpc) is 2.95. The molecule has 1 aliphatic heterocycles. The zero-order valence-corrected chi connectivity index (χ0v) is 16.1. The van der Waals surface area contributed by atoms with Crippen molar-refractivity contribution in [3.05, 3.63) is 65.6 Å². The van der Waals surface area contributed by atoms with E-state index in [2.05, 4.69) is 10.3 Å². The van der Waals surface area contributed by atoms with Gasteiger partial charge in [0.2, 0.25) is 5.91 Å². The summed E-state index contributed by atoms with van der Waals surface area (Å²) >= 11 is 1.15. The number of amidine groups is 1. The molecule has 1 N–H and O–H groups in total. The van der Waals surface area contributed by atoms with Crippen LogP contribution in [-0.4, -0.2) is 41.8 Å². The summed E-state index contributed by atoms with van der Waals surface area (Å²) in [5.74, 6) is -0.119. The number of rotatable bonds is 5. The van der Waals surface area contributed by atoms with Gasteiger partial charge in [-0.3, -0.25) is 14.5 Å². The standard InChI is InChI=1S/C20H18FN3O3S/c1-24-19(26)17(11-13-4-3-5-14(21)10-13)23-20(24)28-12-18(25)22-15-6-8-16(27-2)9-7-15/h3-11H,12H2,1-2H3,(H,22,25)/b17-11-. The zero-order chi connectivity index (χ0) is 20.1. The Morgan fingerprint density at radius 2 is 2.04 bits per heavy atom. The normalized spacial score (nSPS) is 15.0. The quantitative estimate of drug-likeness (QED) is 0.783. The number of methoxy groups -OCH3 is 1. The molecular weight excluding hydrogens is 381 g/mol. The van der Waals surface area contributed by atoms with Gasteiger partial charge in [0.15, 0.2) is 5.17 Å². The van der Waals surface area contributed by atoms with E-state index in [1.807, 2.05) is 0 Å². The summed E-state index contributed by atoms with van der Waals surface area (Å²) in [7, 11) is 3.16. The number of anilines is 1. The number of carbonyl (C=O) groups excluding carboxylic acids is 2. The second-order valence-electron chi connectivity index (χ2n) is 5.91. The van der Waals surface area contributed by atoms with Crippen molar-refractivity contribution in [2.24, 2.45) is 4.99 Å². The van der Waals surface area contributed by atoms with Gasteiger partial charge in [-0.25, -0.2) is 9.38 Å². The van der Waals surface area contributed by atoms with E-state index in [9.17, 15) is 14.0 Å². The molecular formula is C20H18FN3O3S. The number of hydrogen-bond acceptors (Lipinski definition) is 5. The number of carbonyl (C=O) groups is 2. The first-order valence-electron chi connectivity index (χ1n) is 8.37. The van der Waals surface area contributed by atoms with Gasteiger partial charge in [0, 0.05) is 12.7 Å². The Hall–Kier alpha value is -3.13. The summed E-state index contributed by atoms with van der Waals surface area (Å²) in [6.07, 6.45) is 1.52. The molecule has 6 nitrogen and oxygen atoms in total. The van der Waals surface area contributed by atoms with Crippen LogP contribution in [0.1, 0.15) is 5.56 Å². The topological polar surface area (TPSA) is 71.0 Å². The maximum absolute atomic E-state index is 13.3. The van der Waals surface area contributed by atoms with Crippen LogP contribution in [0.5, 0.6) is 5.75 Å². The molecule has 1 heterocycles. The Bertz CT molecular complexity index is 957. The number of amides is 2. The molecule has 0 bridgehead atoms. The first kappa shape index (κ1) is 19.6. The van der Waals surface area contributed by atoms with Crippen LogP contribution in [0.15, 0.2) is 59.2 Å². The average molecular weight is 399 g/mol. The number of nitrogens with one attached hydrogen (secondary N) is 1. The van der Waals surface area contributed by atoms with Gasteiger partial charge in [0.1, 0.15) is 17.3 Å². The molecule has 144 valence electrons.